The van der Waals surface area contributed by atoms with E-state index in [-0.39, 0.29) is 42.1 Å². The Morgan fingerprint density at radius 1 is 1.14 bits per heavy atom. The zero-order chi connectivity index (χ0) is 26.1. The summed E-state index contributed by atoms with van der Waals surface area (Å²) >= 11 is 0. The maximum atomic E-state index is 13.4. The van der Waals surface area contributed by atoms with Gasteiger partial charge in [-0.1, -0.05) is 0 Å². The first-order valence-corrected chi connectivity index (χ1v) is 12.9. The lowest BCUT2D eigenvalue weighted by Gasteiger charge is -2.37. The zero-order valence-electron chi connectivity index (χ0n) is 19.5. The van der Waals surface area contributed by atoms with Crippen LogP contribution in [-0.2, 0) is 14.8 Å². The molecular formula is C23H27F3N4O5S. The number of amides is 1. The third kappa shape index (κ3) is 5.27. The van der Waals surface area contributed by atoms with Crippen molar-refractivity contribution in [1.82, 2.24) is 9.29 Å². The average molecular weight is 529 g/mol. The highest BCUT2D eigenvalue weighted by Crippen LogP contribution is 2.44. The van der Waals surface area contributed by atoms with Crippen LogP contribution in [0.25, 0.3) is 0 Å². The summed E-state index contributed by atoms with van der Waals surface area (Å²) in [5, 5.41) is 12.2. The van der Waals surface area contributed by atoms with Crippen LogP contribution in [0.5, 0.6) is 5.75 Å². The number of aromatic nitrogens is 1. The second-order valence-electron chi connectivity index (χ2n) is 9.01. The number of ether oxygens (including phenoxy) is 1. The van der Waals surface area contributed by atoms with Crippen LogP contribution < -0.4 is 15.0 Å². The Morgan fingerprint density at radius 2 is 1.78 bits per heavy atom. The van der Waals surface area contributed by atoms with Crippen molar-refractivity contribution in [3.05, 3.63) is 42.6 Å². The molecule has 2 N–H and O–H groups in total. The fraction of sp³-hybridized carbons (Fsp3) is 0.478. The van der Waals surface area contributed by atoms with Gasteiger partial charge in [-0.25, -0.2) is 13.4 Å². The van der Waals surface area contributed by atoms with E-state index in [1.807, 2.05) is 0 Å². The van der Waals surface area contributed by atoms with E-state index in [1.165, 1.54) is 39.7 Å². The largest absolute Gasteiger partial charge is 0.573 e. The molecule has 0 saturated carbocycles. The number of halogens is 3. The molecule has 2 aliphatic heterocycles. The fourth-order valence-electron chi connectivity index (χ4n) is 4.64. The predicted octanol–water partition coefficient (Wildman–Crippen LogP) is 2.98. The molecule has 2 saturated heterocycles. The number of piperidine rings is 1. The van der Waals surface area contributed by atoms with Gasteiger partial charge in [-0.05, 0) is 62.6 Å². The molecule has 13 heteroatoms. The van der Waals surface area contributed by atoms with Crippen molar-refractivity contribution in [2.75, 3.05) is 36.5 Å². The average Bonchev–Trinajstić information content (AvgIpc) is 3.14. The van der Waals surface area contributed by atoms with Gasteiger partial charge in [0.2, 0.25) is 15.9 Å². The van der Waals surface area contributed by atoms with Crippen molar-refractivity contribution in [3.8, 4) is 5.75 Å². The Balaban J connectivity index is 1.45. The third-order valence-corrected chi connectivity index (χ3v) is 8.55. The van der Waals surface area contributed by atoms with Crippen LogP contribution in [0.3, 0.4) is 0 Å². The van der Waals surface area contributed by atoms with E-state index >= 15 is 0 Å². The SMILES string of the molecule is CC(CO)Nc1ncccc1S(=O)(=O)N1CCC2(CCN(c3ccc(OC(F)(F)F)cc3)C2=O)CC1. The van der Waals surface area contributed by atoms with Crippen LogP contribution >= 0.6 is 0 Å². The molecular weight excluding hydrogens is 501 g/mol. The number of hydrogen-bond acceptors (Lipinski definition) is 7. The van der Waals surface area contributed by atoms with E-state index in [0.29, 0.717) is 31.5 Å². The van der Waals surface area contributed by atoms with E-state index in [4.69, 9.17) is 0 Å². The lowest BCUT2D eigenvalue weighted by Crippen LogP contribution is -2.46. The summed E-state index contributed by atoms with van der Waals surface area (Å²) < 4.78 is 69.2. The van der Waals surface area contributed by atoms with Gasteiger partial charge >= 0.3 is 6.36 Å². The van der Waals surface area contributed by atoms with Gasteiger partial charge in [-0.15, -0.1) is 13.2 Å². The van der Waals surface area contributed by atoms with Gasteiger partial charge < -0.3 is 20.1 Å². The molecule has 9 nitrogen and oxygen atoms in total. The summed E-state index contributed by atoms with van der Waals surface area (Å²) in [6.07, 6.45) is -2.16. The van der Waals surface area contributed by atoms with Crippen LogP contribution in [0.2, 0.25) is 0 Å². The second kappa shape index (κ2) is 9.87. The van der Waals surface area contributed by atoms with Gasteiger partial charge in [0.25, 0.3) is 0 Å². The number of rotatable bonds is 7. The lowest BCUT2D eigenvalue weighted by molar-refractivity contribution is -0.274. The van der Waals surface area contributed by atoms with Crippen LogP contribution in [0.15, 0.2) is 47.5 Å². The quantitative estimate of drug-likeness (QED) is 0.568. The van der Waals surface area contributed by atoms with Gasteiger partial charge in [0.1, 0.15) is 16.5 Å². The summed E-state index contributed by atoms with van der Waals surface area (Å²) in [5.74, 6) is -0.381. The van der Waals surface area contributed by atoms with E-state index in [0.717, 1.165) is 12.1 Å². The first-order valence-electron chi connectivity index (χ1n) is 11.5. The molecule has 1 unspecified atom stereocenters. The number of sulfonamides is 1. The smallest absolute Gasteiger partial charge is 0.406 e. The summed E-state index contributed by atoms with van der Waals surface area (Å²) in [7, 11) is -3.90. The molecule has 36 heavy (non-hydrogen) atoms. The number of aliphatic hydroxyl groups is 1. The summed E-state index contributed by atoms with van der Waals surface area (Å²) in [6, 6.07) is 7.71. The number of carbonyl (C=O) groups excluding carboxylic acids is 1. The highest BCUT2D eigenvalue weighted by atomic mass is 32.2. The Kier molecular flexibility index (Phi) is 7.17. The second-order valence-corrected chi connectivity index (χ2v) is 10.9. The number of nitrogens with zero attached hydrogens (tertiary/aromatic N) is 3. The van der Waals surface area contributed by atoms with Crippen molar-refractivity contribution in [3.63, 3.8) is 0 Å². The Hall–Kier alpha value is -2.90. The molecule has 0 radical (unpaired) electrons. The summed E-state index contributed by atoms with van der Waals surface area (Å²) in [5.41, 5.74) is -0.264. The van der Waals surface area contributed by atoms with E-state index < -0.39 is 27.8 Å². The van der Waals surface area contributed by atoms with Crippen LogP contribution in [0.4, 0.5) is 24.7 Å². The number of aliphatic hydroxyl groups excluding tert-OH is 1. The van der Waals surface area contributed by atoms with Crippen molar-refractivity contribution in [2.45, 2.75) is 43.5 Å². The molecule has 1 atom stereocenters. The molecule has 4 rings (SSSR count). The molecule has 2 aromatic rings. The summed E-state index contributed by atoms with van der Waals surface area (Å²) in [6.45, 7) is 2.18. The van der Waals surface area contributed by atoms with Gasteiger partial charge in [0, 0.05) is 37.6 Å². The van der Waals surface area contributed by atoms with Crippen molar-refractivity contribution in [1.29, 1.82) is 0 Å². The minimum absolute atomic E-state index is 0.00166. The van der Waals surface area contributed by atoms with Crippen LogP contribution in [-0.4, -0.2) is 67.4 Å². The van der Waals surface area contributed by atoms with Gasteiger partial charge in [-0.2, -0.15) is 4.31 Å². The first kappa shape index (κ1) is 26.2. The number of anilines is 2. The topological polar surface area (TPSA) is 112 Å². The molecule has 196 valence electrons. The number of pyridine rings is 1. The van der Waals surface area contributed by atoms with E-state index in [2.05, 4.69) is 15.0 Å². The molecule has 3 heterocycles. The maximum absolute atomic E-state index is 13.4. The third-order valence-electron chi connectivity index (χ3n) is 6.62. The number of hydrogen-bond donors (Lipinski definition) is 2. The minimum atomic E-state index is -4.80. The lowest BCUT2D eigenvalue weighted by atomic mass is 9.77. The molecule has 0 aliphatic carbocycles. The highest BCUT2D eigenvalue weighted by Gasteiger charge is 2.50. The first-order chi connectivity index (χ1) is 16.9. The Labute approximate surface area is 206 Å². The van der Waals surface area contributed by atoms with Crippen molar-refractivity contribution < 1.29 is 36.2 Å². The van der Waals surface area contributed by atoms with E-state index in [1.54, 1.807) is 6.92 Å². The molecule has 0 bridgehead atoms. The van der Waals surface area contributed by atoms with Gasteiger partial charge in [0.15, 0.2) is 0 Å². The molecule has 1 spiro atoms. The number of benzene rings is 1. The normalized spacial score (nSPS) is 19.5. The van der Waals surface area contributed by atoms with E-state index in [9.17, 15) is 31.5 Å². The monoisotopic (exact) mass is 528 g/mol. The fourth-order valence-corrected chi connectivity index (χ4v) is 6.19. The molecule has 1 aromatic carbocycles. The predicted molar refractivity (Wildman–Crippen MR) is 125 cm³/mol. The minimum Gasteiger partial charge on any atom is -0.406 e. The maximum Gasteiger partial charge on any atom is 0.573 e. The zero-order valence-corrected chi connectivity index (χ0v) is 20.3. The molecule has 1 amide bonds. The van der Waals surface area contributed by atoms with Gasteiger partial charge in [-0.3, -0.25) is 4.79 Å². The molecule has 2 aliphatic rings. The van der Waals surface area contributed by atoms with Crippen LogP contribution in [0.1, 0.15) is 26.2 Å². The van der Waals surface area contributed by atoms with Gasteiger partial charge in [0.05, 0.1) is 12.0 Å². The summed E-state index contributed by atoms with van der Waals surface area (Å²) in [4.78, 5) is 19.0. The Morgan fingerprint density at radius 3 is 2.39 bits per heavy atom. The van der Waals surface area contributed by atoms with Crippen molar-refractivity contribution >= 4 is 27.4 Å². The van der Waals surface area contributed by atoms with Crippen molar-refractivity contribution in [2.24, 2.45) is 5.41 Å². The number of carbonyl (C=O) groups is 1. The number of nitrogens with one attached hydrogen (secondary N) is 1. The Bertz CT molecular complexity index is 1200. The molecule has 2 fully saturated rings. The number of alkyl halides is 3. The highest BCUT2D eigenvalue weighted by molar-refractivity contribution is 7.89. The molecule has 1 aromatic heterocycles. The standard InChI is InChI=1S/C23H27F3N4O5S/c1-16(15-31)28-20-19(3-2-11-27-20)36(33,34)29-12-8-22(9-13-29)10-14-30(21(22)32)17-4-6-18(7-5-17)35-23(24,25)26/h2-7,11,16,31H,8-10,12-15H2,1H3,(H,27,28). The van der Waals surface area contributed by atoms with Crippen LogP contribution in [0, 0.1) is 5.41 Å².